The van der Waals surface area contributed by atoms with E-state index in [4.69, 9.17) is 11.6 Å². The number of hydrogen-bond acceptors (Lipinski definition) is 2. The van der Waals surface area contributed by atoms with E-state index in [1.54, 1.807) is 6.92 Å². The van der Waals surface area contributed by atoms with E-state index in [-0.39, 0.29) is 5.78 Å². The predicted molar refractivity (Wildman–Crippen MR) is 60.0 cm³/mol. The Balaban J connectivity index is 2.56. The van der Waals surface area contributed by atoms with Gasteiger partial charge in [0.05, 0.1) is 0 Å². The number of carbonyl (C=O) groups excluding carboxylic acids is 1. The molecule has 0 radical (unpaired) electrons. The number of rotatable bonds is 4. The van der Waals surface area contributed by atoms with Crippen LogP contribution >= 0.6 is 11.6 Å². The molecule has 0 unspecified atom stereocenters. The van der Waals surface area contributed by atoms with Gasteiger partial charge in [-0.15, -0.1) is 0 Å². The van der Waals surface area contributed by atoms with Crippen LogP contribution in [-0.2, 0) is 4.79 Å². The number of hydrogen-bond donors (Lipinski definition) is 0. The molecule has 1 aromatic rings. The van der Waals surface area contributed by atoms with Crippen LogP contribution in [0, 0.1) is 0 Å². The van der Waals surface area contributed by atoms with Gasteiger partial charge < -0.3 is 4.90 Å². The molecular weight excluding hydrogens is 198 g/mol. The molecule has 2 nitrogen and oxygen atoms in total. The van der Waals surface area contributed by atoms with Crippen molar-refractivity contribution >= 4 is 23.1 Å². The molecule has 1 aromatic carbocycles. The molecule has 0 aliphatic carbocycles. The van der Waals surface area contributed by atoms with Crippen LogP contribution in [0.2, 0.25) is 5.02 Å². The number of benzene rings is 1. The van der Waals surface area contributed by atoms with Crippen LogP contribution in [0.4, 0.5) is 5.69 Å². The van der Waals surface area contributed by atoms with Crippen LogP contribution in [-0.4, -0.2) is 19.4 Å². The molecule has 0 bridgehead atoms. The maximum Gasteiger partial charge on any atom is 0.131 e. The summed E-state index contributed by atoms with van der Waals surface area (Å²) in [5.74, 6) is 0.214. The first-order valence-electron chi connectivity index (χ1n) is 4.56. The van der Waals surface area contributed by atoms with E-state index in [0.29, 0.717) is 6.42 Å². The van der Waals surface area contributed by atoms with Crippen molar-refractivity contribution in [1.29, 1.82) is 0 Å². The zero-order chi connectivity index (χ0) is 10.6. The van der Waals surface area contributed by atoms with Crippen LogP contribution in [0.15, 0.2) is 24.3 Å². The minimum Gasteiger partial charge on any atom is -0.374 e. The van der Waals surface area contributed by atoms with Gasteiger partial charge in [0.15, 0.2) is 0 Å². The highest BCUT2D eigenvalue weighted by Gasteiger charge is 2.01. The topological polar surface area (TPSA) is 20.3 Å². The molecule has 14 heavy (non-hydrogen) atoms. The quantitative estimate of drug-likeness (QED) is 0.764. The van der Waals surface area contributed by atoms with Gasteiger partial charge in [-0.1, -0.05) is 11.6 Å². The molecule has 0 fully saturated rings. The summed E-state index contributed by atoms with van der Waals surface area (Å²) in [5.41, 5.74) is 1.08. The van der Waals surface area contributed by atoms with Gasteiger partial charge in [0.25, 0.3) is 0 Å². The van der Waals surface area contributed by atoms with Crippen molar-refractivity contribution in [3.8, 4) is 0 Å². The van der Waals surface area contributed by atoms with E-state index < -0.39 is 0 Å². The van der Waals surface area contributed by atoms with Crippen LogP contribution in [0.1, 0.15) is 13.3 Å². The number of halogens is 1. The maximum absolute atomic E-state index is 10.8. The summed E-state index contributed by atoms with van der Waals surface area (Å²) in [6, 6.07) is 7.59. The third-order valence-corrected chi connectivity index (χ3v) is 2.32. The number of ketones is 1. The third kappa shape index (κ3) is 3.38. The maximum atomic E-state index is 10.8. The average Bonchev–Trinajstić information content (AvgIpc) is 2.15. The number of nitrogens with zero attached hydrogens (tertiary/aromatic N) is 1. The summed E-state index contributed by atoms with van der Waals surface area (Å²) in [6.45, 7) is 2.35. The van der Waals surface area contributed by atoms with Crippen molar-refractivity contribution in [1.82, 2.24) is 0 Å². The zero-order valence-corrected chi connectivity index (χ0v) is 9.21. The number of Topliss-reactive ketones (excluding diaryl/α,β-unsaturated/α-hetero) is 1. The SMILES string of the molecule is CC(=O)CCN(C)c1ccc(Cl)cc1. The molecule has 0 saturated heterocycles. The highest BCUT2D eigenvalue weighted by Crippen LogP contribution is 2.16. The van der Waals surface area contributed by atoms with Gasteiger partial charge in [0.1, 0.15) is 5.78 Å². The largest absolute Gasteiger partial charge is 0.374 e. The monoisotopic (exact) mass is 211 g/mol. The zero-order valence-electron chi connectivity index (χ0n) is 8.46. The van der Waals surface area contributed by atoms with Crippen LogP contribution in [0.3, 0.4) is 0 Å². The Bertz CT molecular complexity index is 308. The molecule has 0 amide bonds. The van der Waals surface area contributed by atoms with Crippen molar-refractivity contribution in [2.45, 2.75) is 13.3 Å². The van der Waals surface area contributed by atoms with E-state index in [2.05, 4.69) is 0 Å². The van der Waals surface area contributed by atoms with Gasteiger partial charge in [-0.3, -0.25) is 4.79 Å². The van der Waals surface area contributed by atoms with Crippen molar-refractivity contribution in [3.05, 3.63) is 29.3 Å². The lowest BCUT2D eigenvalue weighted by atomic mass is 10.2. The highest BCUT2D eigenvalue weighted by atomic mass is 35.5. The van der Waals surface area contributed by atoms with Gasteiger partial charge >= 0.3 is 0 Å². The Morgan fingerprint density at radius 2 is 1.93 bits per heavy atom. The van der Waals surface area contributed by atoms with Crippen LogP contribution < -0.4 is 4.90 Å². The van der Waals surface area contributed by atoms with E-state index >= 15 is 0 Å². The van der Waals surface area contributed by atoms with Crippen LogP contribution in [0.5, 0.6) is 0 Å². The van der Waals surface area contributed by atoms with Gasteiger partial charge in [0, 0.05) is 30.7 Å². The van der Waals surface area contributed by atoms with Gasteiger partial charge in [-0.2, -0.15) is 0 Å². The second-order valence-corrected chi connectivity index (χ2v) is 3.79. The molecule has 0 N–H and O–H groups in total. The first-order chi connectivity index (χ1) is 6.59. The molecule has 0 spiro atoms. The third-order valence-electron chi connectivity index (χ3n) is 2.07. The van der Waals surface area contributed by atoms with Crippen molar-refractivity contribution in [2.24, 2.45) is 0 Å². The highest BCUT2D eigenvalue weighted by molar-refractivity contribution is 6.30. The first kappa shape index (κ1) is 11.1. The Morgan fingerprint density at radius 3 is 2.43 bits per heavy atom. The molecule has 0 atom stereocenters. The predicted octanol–water partition coefficient (Wildman–Crippen LogP) is 2.76. The summed E-state index contributed by atoms with van der Waals surface area (Å²) in [5, 5.41) is 0.730. The van der Waals surface area contributed by atoms with Crippen molar-refractivity contribution in [3.63, 3.8) is 0 Å². The normalized spacial score (nSPS) is 9.93. The smallest absolute Gasteiger partial charge is 0.131 e. The first-order valence-corrected chi connectivity index (χ1v) is 4.93. The lowest BCUT2D eigenvalue weighted by molar-refractivity contribution is -0.116. The summed E-state index contributed by atoms with van der Waals surface area (Å²) in [7, 11) is 1.96. The Hall–Kier alpha value is -1.02. The lowest BCUT2D eigenvalue weighted by Crippen LogP contribution is -2.20. The molecule has 0 aliphatic rings. The molecule has 76 valence electrons. The van der Waals surface area contributed by atoms with Crippen LogP contribution in [0.25, 0.3) is 0 Å². The Morgan fingerprint density at radius 1 is 1.36 bits per heavy atom. The summed E-state index contributed by atoms with van der Waals surface area (Å²) >= 11 is 5.77. The second-order valence-electron chi connectivity index (χ2n) is 3.35. The minimum atomic E-state index is 0.214. The average molecular weight is 212 g/mol. The second kappa shape index (κ2) is 5.01. The molecule has 0 aromatic heterocycles. The number of anilines is 1. The summed E-state index contributed by atoms with van der Waals surface area (Å²) in [6.07, 6.45) is 0.582. The van der Waals surface area contributed by atoms with Crippen molar-refractivity contribution in [2.75, 3.05) is 18.5 Å². The summed E-state index contributed by atoms with van der Waals surface area (Å²) in [4.78, 5) is 12.8. The molecule has 0 heterocycles. The van der Waals surface area contributed by atoms with E-state index in [9.17, 15) is 4.79 Å². The fourth-order valence-corrected chi connectivity index (χ4v) is 1.28. The van der Waals surface area contributed by atoms with Gasteiger partial charge in [0.2, 0.25) is 0 Å². The fourth-order valence-electron chi connectivity index (χ4n) is 1.15. The number of carbonyl (C=O) groups is 1. The van der Waals surface area contributed by atoms with Gasteiger partial charge in [-0.25, -0.2) is 0 Å². The van der Waals surface area contributed by atoms with Crippen molar-refractivity contribution < 1.29 is 4.79 Å². The molecule has 0 saturated carbocycles. The molecule has 0 aliphatic heterocycles. The standard InChI is InChI=1S/C11H14ClNO/c1-9(14)7-8-13(2)11-5-3-10(12)4-6-11/h3-6H,7-8H2,1-2H3. The van der Waals surface area contributed by atoms with Gasteiger partial charge in [-0.05, 0) is 31.2 Å². The molecule has 3 heteroatoms. The fraction of sp³-hybridized carbons (Fsp3) is 0.364. The molecule has 1 rings (SSSR count). The van der Waals surface area contributed by atoms with E-state index in [1.165, 1.54) is 0 Å². The summed E-state index contributed by atoms with van der Waals surface area (Å²) < 4.78 is 0. The Labute approximate surface area is 89.5 Å². The van der Waals surface area contributed by atoms with E-state index in [0.717, 1.165) is 17.3 Å². The molecular formula is C11H14ClNO. The Kier molecular flexibility index (Phi) is 3.96. The van der Waals surface area contributed by atoms with E-state index in [1.807, 2.05) is 36.2 Å². The lowest BCUT2D eigenvalue weighted by Gasteiger charge is -2.18. The minimum absolute atomic E-state index is 0.214.